The molecule has 4 heteroatoms. The Morgan fingerprint density at radius 1 is 1.35 bits per heavy atom. The average Bonchev–Trinajstić information content (AvgIpc) is 3.16. The van der Waals surface area contributed by atoms with Gasteiger partial charge in [-0.2, -0.15) is 0 Å². The fourth-order valence-electron chi connectivity index (χ4n) is 3.66. The minimum atomic E-state index is 0.266. The summed E-state index contributed by atoms with van der Waals surface area (Å²) in [5.41, 5.74) is 7.39. The maximum absolute atomic E-state index is 12.5. The van der Waals surface area contributed by atoms with Crippen LogP contribution in [0.15, 0.2) is 18.2 Å². The Labute approximate surface area is 125 Å². The molecular formula is C16H21ClN2O. The van der Waals surface area contributed by atoms with Gasteiger partial charge in [0.05, 0.1) is 0 Å². The molecule has 108 valence electrons. The largest absolute Gasteiger partial charge is 0.399 e. The van der Waals surface area contributed by atoms with Crippen molar-refractivity contribution in [3.8, 4) is 0 Å². The van der Waals surface area contributed by atoms with Crippen molar-refractivity contribution in [2.24, 2.45) is 17.8 Å². The van der Waals surface area contributed by atoms with Crippen LogP contribution in [0.1, 0.15) is 31.2 Å². The van der Waals surface area contributed by atoms with Crippen LogP contribution in [-0.2, 0) is 11.3 Å². The SMILES string of the molecule is CN(Cc1cc(N)ccc1Cl)C(=O)C1C2CCCCC21. The van der Waals surface area contributed by atoms with Crippen LogP contribution in [0.4, 0.5) is 5.69 Å². The van der Waals surface area contributed by atoms with Crippen molar-refractivity contribution >= 4 is 23.2 Å². The molecule has 0 saturated heterocycles. The van der Waals surface area contributed by atoms with Gasteiger partial charge in [-0.15, -0.1) is 0 Å². The molecule has 2 fully saturated rings. The fraction of sp³-hybridized carbons (Fsp3) is 0.562. The summed E-state index contributed by atoms with van der Waals surface area (Å²) >= 11 is 6.17. The van der Waals surface area contributed by atoms with Gasteiger partial charge in [0.15, 0.2) is 0 Å². The van der Waals surface area contributed by atoms with Gasteiger partial charge in [-0.05, 0) is 48.4 Å². The van der Waals surface area contributed by atoms with Crippen molar-refractivity contribution in [2.45, 2.75) is 32.2 Å². The standard InChI is InChI=1S/C16H21ClN2O/c1-19(9-10-8-11(18)6-7-14(10)17)16(20)15-12-4-2-3-5-13(12)15/h6-8,12-13,15H,2-5,9,18H2,1H3. The monoisotopic (exact) mass is 292 g/mol. The normalized spacial score (nSPS) is 27.8. The molecule has 1 aromatic carbocycles. The van der Waals surface area contributed by atoms with Crippen LogP contribution in [0, 0.1) is 17.8 Å². The summed E-state index contributed by atoms with van der Waals surface area (Å²) in [7, 11) is 1.87. The number of hydrogen-bond donors (Lipinski definition) is 1. The number of nitrogens with zero attached hydrogens (tertiary/aromatic N) is 1. The molecule has 1 amide bonds. The minimum Gasteiger partial charge on any atom is -0.399 e. The summed E-state index contributed by atoms with van der Waals surface area (Å²) in [5.74, 6) is 1.84. The summed E-state index contributed by atoms with van der Waals surface area (Å²) in [6.07, 6.45) is 5.04. The summed E-state index contributed by atoms with van der Waals surface area (Å²) in [6.45, 7) is 0.540. The van der Waals surface area contributed by atoms with E-state index < -0.39 is 0 Å². The second-order valence-corrected chi connectivity index (χ2v) is 6.59. The van der Waals surface area contributed by atoms with E-state index in [0.717, 1.165) is 5.56 Å². The van der Waals surface area contributed by atoms with Crippen LogP contribution in [0.5, 0.6) is 0 Å². The van der Waals surface area contributed by atoms with Gasteiger partial charge in [-0.3, -0.25) is 4.79 Å². The summed E-state index contributed by atoms with van der Waals surface area (Å²) in [4.78, 5) is 14.3. The average molecular weight is 293 g/mol. The lowest BCUT2D eigenvalue weighted by atomic mass is 10.0. The second-order valence-electron chi connectivity index (χ2n) is 6.18. The van der Waals surface area contributed by atoms with Crippen LogP contribution in [-0.4, -0.2) is 17.9 Å². The highest BCUT2D eigenvalue weighted by molar-refractivity contribution is 6.31. The van der Waals surface area contributed by atoms with Crippen molar-refractivity contribution in [1.29, 1.82) is 0 Å². The maximum atomic E-state index is 12.5. The Kier molecular flexibility index (Phi) is 3.63. The Morgan fingerprint density at radius 3 is 2.65 bits per heavy atom. The van der Waals surface area contributed by atoms with Crippen LogP contribution < -0.4 is 5.73 Å². The number of fused-ring (bicyclic) bond motifs is 1. The molecule has 3 nitrogen and oxygen atoms in total. The van der Waals surface area contributed by atoms with E-state index in [9.17, 15) is 4.79 Å². The van der Waals surface area contributed by atoms with Crippen LogP contribution in [0.2, 0.25) is 5.02 Å². The van der Waals surface area contributed by atoms with Gasteiger partial charge in [-0.25, -0.2) is 0 Å². The highest BCUT2D eigenvalue weighted by Crippen LogP contribution is 2.56. The number of benzene rings is 1. The molecule has 2 unspecified atom stereocenters. The lowest BCUT2D eigenvalue weighted by molar-refractivity contribution is -0.132. The maximum Gasteiger partial charge on any atom is 0.226 e. The van der Waals surface area contributed by atoms with Crippen molar-refractivity contribution in [1.82, 2.24) is 4.90 Å². The number of carbonyl (C=O) groups is 1. The third-order valence-electron chi connectivity index (χ3n) is 4.80. The third kappa shape index (κ3) is 2.51. The van der Waals surface area contributed by atoms with E-state index in [1.54, 1.807) is 12.1 Å². The van der Waals surface area contributed by atoms with E-state index in [1.165, 1.54) is 25.7 Å². The van der Waals surface area contributed by atoms with Crippen molar-refractivity contribution in [2.75, 3.05) is 12.8 Å². The number of amides is 1. The van der Waals surface area contributed by atoms with Gasteiger partial charge >= 0.3 is 0 Å². The molecular weight excluding hydrogens is 272 g/mol. The highest BCUT2D eigenvalue weighted by Gasteiger charge is 2.55. The Bertz CT molecular complexity index is 519. The van der Waals surface area contributed by atoms with E-state index in [2.05, 4.69) is 0 Å². The predicted octanol–water partition coefficient (Wildman–Crippen LogP) is 3.32. The van der Waals surface area contributed by atoms with Gasteiger partial charge in [0.2, 0.25) is 5.91 Å². The second kappa shape index (κ2) is 5.28. The lowest BCUT2D eigenvalue weighted by Gasteiger charge is -2.18. The smallest absolute Gasteiger partial charge is 0.226 e. The number of carbonyl (C=O) groups excluding carboxylic acids is 1. The number of nitrogen functional groups attached to an aromatic ring is 1. The molecule has 1 aromatic rings. The fourth-order valence-corrected chi connectivity index (χ4v) is 3.84. The van der Waals surface area contributed by atoms with Gasteiger partial charge < -0.3 is 10.6 Å². The molecule has 3 rings (SSSR count). The minimum absolute atomic E-state index is 0.266. The lowest BCUT2D eigenvalue weighted by Crippen LogP contribution is -2.28. The topological polar surface area (TPSA) is 46.3 Å². The highest BCUT2D eigenvalue weighted by atomic mass is 35.5. The first-order valence-corrected chi connectivity index (χ1v) is 7.74. The van der Waals surface area contributed by atoms with Gasteiger partial charge in [0.25, 0.3) is 0 Å². The number of hydrogen-bond acceptors (Lipinski definition) is 2. The molecule has 0 bridgehead atoms. The molecule has 0 spiro atoms. The molecule has 0 aliphatic heterocycles. The summed E-state index contributed by atoms with van der Waals surface area (Å²) in [5, 5.41) is 0.673. The molecule has 0 aromatic heterocycles. The number of anilines is 1. The molecule has 2 aliphatic rings. The van der Waals surface area contributed by atoms with E-state index in [0.29, 0.717) is 29.1 Å². The van der Waals surface area contributed by atoms with Crippen molar-refractivity contribution < 1.29 is 4.79 Å². The predicted molar refractivity (Wildman–Crippen MR) is 81.3 cm³/mol. The number of nitrogens with two attached hydrogens (primary N) is 1. The van der Waals surface area contributed by atoms with Crippen LogP contribution in [0.25, 0.3) is 0 Å². The molecule has 20 heavy (non-hydrogen) atoms. The van der Waals surface area contributed by atoms with E-state index in [-0.39, 0.29) is 11.8 Å². The van der Waals surface area contributed by atoms with Crippen LogP contribution in [0.3, 0.4) is 0 Å². The first-order chi connectivity index (χ1) is 9.58. The quantitative estimate of drug-likeness (QED) is 0.869. The Balaban J connectivity index is 1.66. The van der Waals surface area contributed by atoms with Crippen molar-refractivity contribution in [3.05, 3.63) is 28.8 Å². The zero-order valence-corrected chi connectivity index (χ0v) is 12.6. The van der Waals surface area contributed by atoms with Gasteiger partial charge in [0, 0.05) is 30.2 Å². The first kappa shape index (κ1) is 13.7. The third-order valence-corrected chi connectivity index (χ3v) is 5.16. The van der Waals surface area contributed by atoms with Crippen LogP contribution >= 0.6 is 11.6 Å². The molecule has 0 radical (unpaired) electrons. The summed E-state index contributed by atoms with van der Waals surface area (Å²) in [6, 6.07) is 5.43. The number of halogens is 1. The number of rotatable bonds is 3. The molecule has 0 heterocycles. The first-order valence-electron chi connectivity index (χ1n) is 7.37. The molecule has 2 N–H and O–H groups in total. The molecule has 2 aliphatic carbocycles. The van der Waals surface area contributed by atoms with Gasteiger partial charge in [-0.1, -0.05) is 24.4 Å². The molecule has 2 atom stereocenters. The van der Waals surface area contributed by atoms with E-state index in [1.807, 2.05) is 18.0 Å². The molecule has 2 saturated carbocycles. The summed E-state index contributed by atoms with van der Waals surface area (Å²) < 4.78 is 0. The van der Waals surface area contributed by atoms with Gasteiger partial charge in [0.1, 0.15) is 0 Å². The van der Waals surface area contributed by atoms with E-state index in [4.69, 9.17) is 17.3 Å². The zero-order chi connectivity index (χ0) is 14.3. The Morgan fingerprint density at radius 2 is 2.00 bits per heavy atom. The van der Waals surface area contributed by atoms with E-state index >= 15 is 0 Å². The Hall–Kier alpha value is -1.22. The zero-order valence-electron chi connectivity index (χ0n) is 11.8. The van der Waals surface area contributed by atoms with Crippen molar-refractivity contribution in [3.63, 3.8) is 0 Å².